The number of aliphatic hydroxyl groups excluding tert-OH is 1. The zero-order chi connectivity index (χ0) is 36.8. The minimum absolute atomic E-state index is 0.0495. The number of hydrogen-bond acceptors (Lipinski definition) is 9. The average molecular weight is 743 g/mol. The monoisotopic (exact) mass is 742 g/mol. The normalized spacial score (nSPS) is 23.5. The quantitative estimate of drug-likeness (QED) is 0.280. The molecule has 5 rings (SSSR count). The van der Waals surface area contributed by atoms with Gasteiger partial charge in [-0.15, -0.1) is 13.2 Å². The predicted molar refractivity (Wildman–Crippen MR) is 175 cm³/mol. The molecule has 1 saturated heterocycles. The van der Waals surface area contributed by atoms with Crippen molar-refractivity contribution in [1.82, 2.24) is 5.32 Å². The lowest BCUT2D eigenvalue weighted by Crippen LogP contribution is -2.69. The van der Waals surface area contributed by atoms with Gasteiger partial charge in [-0.2, -0.15) is 4.31 Å². The SMILES string of the molecule is CNC(=O)[C@@H]1C[C@@H](OCCO)C[N+]1(C)C1(c2cc(C)ccc2OC)C(=O)N(S(=O)(=O)c2ccc(OC)cc2OC(F)(F)F)c2ccc(Cl)cc21. The Morgan fingerprint density at radius 1 is 1.08 bits per heavy atom. The molecule has 0 spiro atoms. The summed E-state index contributed by atoms with van der Waals surface area (Å²) in [6.07, 6.45) is -5.95. The number of likely N-dealkylation sites (tertiary alicyclic amines) is 1. The summed E-state index contributed by atoms with van der Waals surface area (Å²) in [5.41, 5.74) is -1.48. The number of carbonyl (C=O) groups is 2. The van der Waals surface area contributed by atoms with E-state index < -0.39 is 61.0 Å². The van der Waals surface area contributed by atoms with Crippen molar-refractivity contribution < 1.29 is 59.7 Å². The molecule has 0 radical (unpaired) electrons. The van der Waals surface area contributed by atoms with Gasteiger partial charge in [-0.3, -0.25) is 14.1 Å². The third kappa shape index (κ3) is 6.02. The zero-order valence-corrected chi connectivity index (χ0v) is 29.3. The van der Waals surface area contributed by atoms with Gasteiger partial charge in [-0.25, -0.2) is 8.42 Å². The zero-order valence-electron chi connectivity index (χ0n) is 27.7. The summed E-state index contributed by atoms with van der Waals surface area (Å²) in [7, 11) is 0.324. The Hall–Kier alpha value is -4.09. The van der Waals surface area contributed by atoms with Crippen LogP contribution in [0.3, 0.4) is 0 Å². The molecular formula is C33H36ClF3N3O9S+. The molecule has 0 bridgehead atoms. The number of hydrogen-bond donors (Lipinski definition) is 2. The molecule has 50 heavy (non-hydrogen) atoms. The van der Waals surface area contributed by atoms with Crippen molar-refractivity contribution >= 4 is 39.1 Å². The second-order valence-electron chi connectivity index (χ2n) is 12.0. The molecule has 0 saturated carbocycles. The number of rotatable bonds is 11. The van der Waals surface area contributed by atoms with Crippen molar-refractivity contribution in [2.45, 2.75) is 42.3 Å². The van der Waals surface area contributed by atoms with Gasteiger partial charge in [0.2, 0.25) is 5.54 Å². The molecule has 270 valence electrons. The topological polar surface area (TPSA) is 141 Å². The second kappa shape index (κ2) is 13.6. The summed E-state index contributed by atoms with van der Waals surface area (Å²) in [6.45, 7) is 1.29. The van der Waals surface area contributed by atoms with E-state index in [4.69, 9.17) is 25.8 Å². The first-order valence-electron chi connectivity index (χ1n) is 15.3. The van der Waals surface area contributed by atoms with Gasteiger partial charge in [0.05, 0.1) is 51.3 Å². The third-order valence-electron chi connectivity index (χ3n) is 9.22. The highest BCUT2D eigenvalue weighted by molar-refractivity contribution is 7.93. The summed E-state index contributed by atoms with van der Waals surface area (Å²) >= 11 is 6.57. The van der Waals surface area contributed by atoms with E-state index in [1.54, 1.807) is 32.2 Å². The summed E-state index contributed by atoms with van der Waals surface area (Å²) in [5.74, 6) is -2.73. The number of aryl methyl sites for hydroxylation is 1. The molecule has 0 aromatic heterocycles. The highest BCUT2D eigenvalue weighted by Gasteiger charge is 2.72. The molecule has 4 atom stereocenters. The van der Waals surface area contributed by atoms with Crippen LogP contribution in [0.15, 0.2) is 59.5 Å². The Balaban J connectivity index is 1.90. The maximum Gasteiger partial charge on any atom is 0.573 e. The number of quaternary nitrogens is 1. The standard InChI is InChI=1S/C33H35ClF3N3O9S/c1-19-6-10-27(47-5)24(14-19)32(40(3)18-22(48-13-12-41)16-26(40)30(42)38-2)23-15-20(34)7-9-25(23)39(31(32)43)50(44,45)29-11-8-21(46-4)17-28(29)49-33(35,36)37/h6-11,14-15,17,22,26,41H,12-13,16,18H2,1-5H3/p+1/t22-,26+,32?,40?/m1/s1. The average Bonchev–Trinajstić information content (AvgIpc) is 3.54. The number of benzene rings is 3. The van der Waals surface area contributed by atoms with E-state index in [-0.39, 0.29) is 59.5 Å². The number of methoxy groups -OCH3 is 2. The lowest BCUT2D eigenvalue weighted by Gasteiger charge is -2.48. The maximum absolute atomic E-state index is 15.6. The molecule has 2 N–H and O–H groups in total. The lowest BCUT2D eigenvalue weighted by atomic mass is 9.78. The number of aliphatic hydroxyl groups is 1. The van der Waals surface area contributed by atoms with E-state index in [0.717, 1.165) is 18.2 Å². The number of fused-ring (bicyclic) bond motifs is 1. The van der Waals surface area contributed by atoms with Gasteiger partial charge in [0.15, 0.2) is 11.8 Å². The Bertz CT molecular complexity index is 1930. The Morgan fingerprint density at radius 2 is 1.80 bits per heavy atom. The third-order valence-corrected chi connectivity index (χ3v) is 11.2. The van der Waals surface area contributed by atoms with Crippen molar-refractivity contribution in [1.29, 1.82) is 0 Å². The van der Waals surface area contributed by atoms with Crippen LogP contribution in [-0.4, -0.2) is 96.4 Å². The van der Waals surface area contributed by atoms with Crippen molar-refractivity contribution in [3.8, 4) is 17.2 Å². The van der Waals surface area contributed by atoms with Crippen LogP contribution in [0.1, 0.15) is 23.1 Å². The highest BCUT2D eigenvalue weighted by Crippen LogP contribution is 2.58. The van der Waals surface area contributed by atoms with Crippen LogP contribution >= 0.6 is 11.6 Å². The molecule has 3 aromatic carbocycles. The largest absolute Gasteiger partial charge is 0.573 e. The number of sulfonamides is 1. The van der Waals surface area contributed by atoms with Crippen molar-refractivity contribution in [3.63, 3.8) is 0 Å². The van der Waals surface area contributed by atoms with Gasteiger partial charge in [-0.05, 0) is 49.4 Å². The molecule has 2 heterocycles. The van der Waals surface area contributed by atoms with Crippen LogP contribution < -0.4 is 23.8 Å². The molecule has 17 heteroatoms. The smallest absolute Gasteiger partial charge is 0.497 e. The Labute approximate surface area is 291 Å². The van der Waals surface area contributed by atoms with Crippen LogP contribution in [0, 0.1) is 6.92 Å². The number of halogens is 4. The number of alkyl halides is 3. The van der Waals surface area contributed by atoms with Crippen molar-refractivity contribution in [2.24, 2.45) is 0 Å². The number of amides is 2. The number of nitrogens with zero attached hydrogens (tertiary/aromatic N) is 2. The minimum Gasteiger partial charge on any atom is -0.497 e. The molecule has 3 aromatic rings. The summed E-state index contributed by atoms with van der Waals surface area (Å²) in [4.78, 5) is 28.4. The van der Waals surface area contributed by atoms with Crippen molar-refractivity contribution in [3.05, 3.63) is 76.3 Å². The Morgan fingerprint density at radius 3 is 2.42 bits per heavy atom. The van der Waals surface area contributed by atoms with Gasteiger partial charge in [0, 0.05) is 24.6 Å². The van der Waals surface area contributed by atoms with Crippen LogP contribution in [-0.2, 0) is 29.9 Å². The first-order valence-corrected chi connectivity index (χ1v) is 17.1. The van der Waals surface area contributed by atoms with Gasteiger partial charge in [0.25, 0.3) is 15.9 Å². The number of carbonyl (C=O) groups excluding carboxylic acids is 2. The molecule has 2 amide bonds. The Kier molecular flexibility index (Phi) is 10.1. The molecular weight excluding hydrogens is 707 g/mol. The number of nitrogens with one attached hydrogen (secondary N) is 1. The minimum atomic E-state index is -5.31. The van der Waals surface area contributed by atoms with E-state index in [2.05, 4.69) is 10.1 Å². The number of likely N-dealkylation sites (N-methyl/N-ethyl adjacent to an activating group) is 2. The first-order chi connectivity index (χ1) is 23.5. The highest BCUT2D eigenvalue weighted by atomic mass is 35.5. The van der Waals surface area contributed by atoms with Crippen LogP contribution in [0.2, 0.25) is 5.02 Å². The molecule has 1 fully saturated rings. The van der Waals surface area contributed by atoms with Gasteiger partial charge >= 0.3 is 12.3 Å². The van der Waals surface area contributed by atoms with E-state index >= 15 is 4.79 Å². The molecule has 2 unspecified atom stereocenters. The first kappa shape index (κ1) is 37.2. The van der Waals surface area contributed by atoms with E-state index in [1.807, 2.05) is 0 Å². The lowest BCUT2D eigenvalue weighted by molar-refractivity contribution is -0.953. The second-order valence-corrected chi connectivity index (χ2v) is 14.2. The fourth-order valence-electron chi connectivity index (χ4n) is 7.20. The summed E-state index contributed by atoms with van der Waals surface area (Å²) < 4.78 is 91.2. The van der Waals surface area contributed by atoms with Gasteiger partial charge < -0.3 is 29.4 Å². The maximum atomic E-state index is 15.6. The van der Waals surface area contributed by atoms with Crippen molar-refractivity contribution in [2.75, 3.05) is 52.4 Å². The van der Waals surface area contributed by atoms with Crippen LogP contribution in [0.5, 0.6) is 17.2 Å². The number of ether oxygens (including phenoxy) is 4. The fourth-order valence-corrected chi connectivity index (χ4v) is 8.93. The van der Waals surface area contributed by atoms with E-state index in [0.29, 0.717) is 9.87 Å². The van der Waals surface area contributed by atoms with Crippen LogP contribution in [0.25, 0.3) is 0 Å². The predicted octanol–water partition coefficient (Wildman–Crippen LogP) is 3.89. The van der Waals surface area contributed by atoms with E-state index in [9.17, 15) is 31.5 Å². The molecule has 2 aliphatic rings. The molecule has 2 aliphatic heterocycles. The van der Waals surface area contributed by atoms with Crippen LogP contribution in [0.4, 0.5) is 18.9 Å². The summed E-state index contributed by atoms with van der Waals surface area (Å²) in [5, 5.41) is 12.3. The molecule has 0 aliphatic carbocycles. The fraction of sp³-hybridized carbons (Fsp3) is 0.394. The molecule has 12 nitrogen and oxygen atoms in total. The summed E-state index contributed by atoms with van der Waals surface area (Å²) in [6, 6.07) is 10.6. The van der Waals surface area contributed by atoms with E-state index in [1.165, 1.54) is 39.5 Å². The van der Waals surface area contributed by atoms with Gasteiger partial charge in [-0.1, -0.05) is 23.2 Å². The number of anilines is 1. The van der Waals surface area contributed by atoms with Gasteiger partial charge in [0.1, 0.15) is 29.0 Å².